The van der Waals surface area contributed by atoms with Crippen LogP contribution >= 0.6 is 0 Å². The maximum Gasteiger partial charge on any atom is 0.310 e. The molecule has 1 aliphatic heterocycles. The fraction of sp³-hybridized carbons (Fsp3) is 0.717. The second-order valence-corrected chi connectivity index (χ2v) is 25.1. The molecule has 2 bridgehead atoms. The first-order chi connectivity index (χ1) is 28.9. The maximum atomic E-state index is 14.9. The molecule has 2 aromatic carbocycles. The number of allylic oxidation sites excluding steroid dienone is 1. The predicted molar refractivity (Wildman–Crippen MR) is 247 cm³/mol. The van der Waals surface area contributed by atoms with Gasteiger partial charge in [0.1, 0.15) is 6.61 Å². The summed E-state index contributed by atoms with van der Waals surface area (Å²) in [6.45, 7) is 28.6. The number of nitrogens with zero attached hydrogens (tertiary/aromatic N) is 1. The maximum absolute atomic E-state index is 14.9. The van der Waals surface area contributed by atoms with Crippen LogP contribution in [0.4, 0.5) is 0 Å². The van der Waals surface area contributed by atoms with Gasteiger partial charge in [0.2, 0.25) is 10.0 Å². The molecule has 1 heterocycles. The van der Waals surface area contributed by atoms with Gasteiger partial charge in [0, 0.05) is 25.0 Å². The van der Waals surface area contributed by atoms with Crippen molar-refractivity contribution in [3.8, 4) is 0 Å². The smallest absolute Gasteiger partial charge is 0.310 e. The summed E-state index contributed by atoms with van der Waals surface area (Å²) >= 11 is 0. The van der Waals surface area contributed by atoms with E-state index < -0.39 is 21.0 Å². The number of sulfonamides is 1. The van der Waals surface area contributed by atoms with Crippen molar-refractivity contribution < 1.29 is 32.2 Å². The number of rotatable bonds is 12. The van der Waals surface area contributed by atoms with E-state index in [0.29, 0.717) is 36.9 Å². The number of aryl methyl sites for hydroxylation is 1. The van der Waals surface area contributed by atoms with Crippen LogP contribution in [0, 0.1) is 69.0 Å². The highest BCUT2D eigenvalue weighted by atomic mass is 32.2. The normalized spacial score (nSPS) is 37.4. The fourth-order valence-corrected chi connectivity index (χ4v) is 15.7. The molecule has 4 fully saturated rings. The summed E-state index contributed by atoms with van der Waals surface area (Å²) < 4.78 is 57.0. The second kappa shape index (κ2) is 16.4. The van der Waals surface area contributed by atoms with Gasteiger partial charge in [-0.05, 0) is 115 Å². The Labute approximate surface area is 375 Å². The first-order valence-electron chi connectivity index (χ1n) is 23.6. The van der Waals surface area contributed by atoms with Crippen molar-refractivity contribution in [3.63, 3.8) is 0 Å². The van der Waals surface area contributed by atoms with Gasteiger partial charge in [-0.3, -0.25) is 4.79 Å². The first-order valence-corrected chi connectivity index (χ1v) is 25.0. The van der Waals surface area contributed by atoms with E-state index in [0.717, 1.165) is 49.7 Å². The van der Waals surface area contributed by atoms with Gasteiger partial charge < -0.3 is 18.9 Å². The van der Waals surface area contributed by atoms with Crippen molar-refractivity contribution in [2.24, 2.45) is 62.1 Å². The van der Waals surface area contributed by atoms with Crippen molar-refractivity contribution in [1.82, 2.24) is 4.31 Å². The lowest BCUT2D eigenvalue weighted by Crippen LogP contribution is -2.70. The van der Waals surface area contributed by atoms with Crippen LogP contribution in [0.2, 0.25) is 0 Å². The zero-order chi connectivity index (χ0) is 45.5. The molecule has 0 amide bonds. The number of benzene rings is 2. The Morgan fingerprint density at radius 3 is 2.19 bits per heavy atom. The zero-order valence-electron chi connectivity index (χ0n) is 40.6. The van der Waals surface area contributed by atoms with Gasteiger partial charge >= 0.3 is 5.97 Å². The molecule has 0 spiro atoms. The largest absolute Gasteiger partial charge is 0.461 e. The third-order valence-electron chi connectivity index (χ3n) is 19.1. The SMILES string of the molecule is CO[C@@H]1C[C@@]23COC[C@@](C)([C@@H]2CC[C@H]2C3=CC[C@@]3(C)[C@H](C(=O)OCc4ccccc4)[C@@](C)([C@H](C)C(C)C)CC[C@]23C)[C@H]1OC[C@](C)(N(C)S(=O)(=O)c1ccc(C)cc1)C(C)(C)C. The summed E-state index contributed by atoms with van der Waals surface area (Å²) in [6, 6.07) is 17.2. The first kappa shape index (κ1) is 47.4. The van der Waals surface area contributed by atoms with Gasteiger partial charge in [-0.15, -0.1) is 0 Å². The molecule has 4 aliphatic carbocycles. The number of hydrogen-bond acceptors (Lipinski definition) is 7. The molecule has 2 aromatic rings. The number of esters is 1. The van der Waals surface area contributed by atoms with Crippen LogP contribution in [0.25, 0.3) is 0 Å². The molecule has 0 radical (unpaired) electrons. The molecule has 0 N–H and O–H groups in total. The van der Waals surface area contributed by atoms with Crippen LogP contribution in [-0.2, 0) is 40.4 Å². The standard InChI is InChI=1S/C53H79NO7S/c1-35(2)37(4)48(8)28-29-50(10)40-24-25-43-49(9)32-59-34-53(43,41(40)26-27-51(50,11)44(48)46(55)60-31-38-18-16-15-17-19-38)30-42(58-14)45(49)61-33-52(12,47(5,6)7)54(13)62(56,57)39-22-20-36(3)21-23-39/h15-23,26,35,37,40,42-45H,24-25,27-34H2,1-14H3/t37-,40+,42-,43+,44-,45+,48-,49+,50-,51+,52+,53+/m1/s1. The highest BCUT2D eigenvalue weighted by Gasteiger charge is 2.72. The molecule has 3 saturated carbocycles. The van der Waals surface area contributed by atoms with Crippen molar-refractivity contribution in [2.45, 2.75) is 151 Å². The number of hydrogen-bond donors (Lipinski definition) is 0. The van der Waals surface area contributed by atoms with Crippen molar-refractivity contribution >= 4 is 16.0 Å². The van der Waals surface area contributed by atoms with Crippen LogP contribution in [0.1, 0.15) is 126 Å². The minimum Gasteiger partial charge on any atom is -0.461 e. The highest BCUT2D eigenvalue weighted by Crippen LogP contribution is 2.75. The summed E-state index contributed by atoms with van der Waals surface area (Å²) in [7, 11) is -0.325. The Morgan fingerprint density at radius 1 is 0.919 bits per heavy atom. The zero-order valence-corrected chi connectivity index (χ0v) is 41.4. The monoisotopic (exact) mass is 874 g/mol. The Kier molecular flexibility index (Phi) is 12.5. The van der Waals surface area contributed by atoms with Crippen molar-refractivity contribution in [1.29, 1.82) is 0 Å². The third-order valence-corrected chi connectivity index (χ3v) is 21.1. The van der Waals surface area contributed by atoms with Crippen LogP contribution in [0.3, 0.4) is 0 Å². The van der Waals surface area contributed by atoms with Crippen LogP contribution < -0.4 is 0 Å². The number of carbonyl (C=O) groups is 1. The summed E-state index contributed by atoms with van der Waals surface area (Å²) in [5.41, 5.74) is 0.932. The number of methoxy groups -OCH3 is 1. The molecule has 8 nitrogen and oxygen atoms in total. The second-order valence-electron chi connectivity index (χ2n) is 23.1. The molecule has 7 rings (SSSR count). The molecule has 1 saturated heterocycles. The Balaban J connectivity index is 1.22. The Bertz CT molecular complexity index is 2100. The average Bonchev–Trinajstić information content (AvgIpc) is 3.22. The van der Waals surface area contributed by atoms with E-state index >= 15 is 0 Å². The van der Waals surface area contributed by atoms with E-state index in [-0.39, 0.29) is 69.3 Å². The van der Waals surface area contributed by atoms with Gasteiger partial charge in [0.15, 0.2) is 0 Å². The summed E-state index contributed by atoms with van der Waals surface area (Å²) in [6.07, 6.45) is 7.75. The molecular formula is C53H79NO7S. The fourth-order valence-electron chi connectivity index (χ4n) is 14.0. The van der Waals surface area contributed by atoms with Crippen LogP contribution in [0.15, 0.2) is 71.1 Å². The minimum atomic E-state index is -3.84. The third kappa shape index (κ3) is 7.20. The van der Waals surface area contributed by atoms with Gasteiger partial charge in [0.25, 0.3) is 0 Å². The summed E-state index contributed by atoms with van der Waals surface area (Å²) in [5.74, 6) is 1.06. The lowest BCUT2D eigenvalue weighted by Gasteiger charge is -2.71. The topological polar surface area (TPSA) is 91.4 Å². The molecule has 344 valence electrons. The molecule has 5 aliphatic rings. The number of fused-ring (bicyclic) bond motifs is 3. The quantitative estimate of drug-likeness (QED) is 0.155. The average molecular weight is 874 g/mol. The molecular weight excluding hydrogens is 795 g/mol. The van der Waals surface area contributed by atoms with Crippen LogP contribution in [-0.4, -0.2) is 70.4 Å². The summed E-state index contributed by atoms with van der Waals surface area (Å²) in [5, 5.41) is 0. The minimum absolute atomic E-state index is 0.0498. The lowest BCUT2D eigenvalue weighted by atomic mass is 9.34. The van der Waals surface area contributed by atoms with E-state index in [1.165, 1.54) is 9.88 Å². The molecule has 12 atom stereocenters. The van der Waals surface area contributed by atoms with E-state index in [2.05, 4.69) is 75.3 Å². The molecule has 62 heavy (non-hydrogen) atoms. The van der Waals surface area contributed by atoms with Crippen molar-refractivity contribution in [3.05, 3.63) is 77.4 Å². The van der Waals surface area contributed by atoms with E-state index in [1.54, 1.807) is 19.2 Å². The molecule has 0 aromatic heterocycles. The van der Waals surface area contributed by atoms with Gasteiger partial charge in [-0.1, -0.05) is 129 Å². The summed E-state index contributed by atoms with van der Waals surface area (Å²) in [4.78, 5) is 15.2. The molecule has 9 heteroatoms. The van der Waals surface area contributed by atoms with Crippen LogP contribution in [0.5, 0.6) is 0 Å². The number of likely N-dealkylation sites (N-methyl/N-ethyl adjacent to an activating group) is 1. The predicted octanol–water partition coefficient (Wildman–Crippen LogP) is 11.1. The van der Waals surface area contributed by atoms with Gasteiger partial charge in [0.05, 0.1) is 48.4 Å². The Hall–Kier alpha value is -2.56. The highest BCUT2D eigenvalue weighted by molar-refractivity contribution is 7.89. The van der Waals surface area contributed by atoms with E-state index in [1.807, 2.05) is 63.4 Å². The number of ether oxygens (including phenoxy) is 4. The van der Waals surface area contributed by atoms with Crippen molar-refractivity contribution in [2.75, 3.05) is 34.0 Å². The van der Waals surface area contributed by atoms with E-state index in [9.17, 15) is 13.2 Å². The van der Waals surface area contributed by atoms with Gasteiger partial charge in [-0.25, -0.2) is 8.42 Å². The number of carbonyl (C=O) groups excluding carboxylic acids is 1. The van der Waals surface area contributed by atoms with E-state index in [4.69, 9.17) is 18.9 Å². The molecule has 0 unspecified atom stereocenters. The lowest BCUT2D eigenvalue weighted by molar-refractivity contribution is -0.272. The Morgan fingerprint density at radius 2 is 1.58 bits per heavy atom. The van der Waals surface area contributed by atoms with Gasteiger partial charge in [-0.2, -0.15) is 4.31 Å².